The molecule has 0 saturated heterocycles. The normalized spacial score (nSPS) is 12.4. The lowest BCUT2D eigenvalue weighted by molar-refractivity contribution is -0.123. The Balaban J connectivity index is 2.50. The van der Waals surface area contributed by atoms with E-state index < -0.39 is 12.1 Å². The number of carbonyl (C=O) groups excluding carboxylic acids is 2. The lowest BCUT2D eigenvalue weighted by atomic mass is 10.1. The Morgan fingerprint density at radius 3 is 2.50 bits per heavy atom. The molecular weight excluding hydrogens is 300 g/mol. The average Bonchev–Trinajstić information content (AvgIpc) is 2.39. The highest BCUT2D eigenvalue weighted by Crippen LogP contribution is 2.16. The predicted octanol–water partition coefficient (Wildman–Crippen LogP) is 2.62. The number of anilines is 1. The minimum Gasteiger partial charge on any atom is -0.350 e. The fourth-order valence-electron chi connectivity index (χ4n) is 1.59. The molecule has 0 radical (unpaired) electrons. The van der Waals surface area contributed by atoms with E-state index in [1.54, 1.807) is 30.9 Å². The number of carbonyl (C=O) groups is 2. The summed E-state index contributed by atoms with van der Waals surface area (Å²) >= 11 is 1.63. The number of rotatable bonds is 5. The molecule has 1 aromatic rings. The third kappa shape index (κ3) is 6.80. The molecule has 0 spiro atoms. The molecule has 0 bridgehead atoms. The third-order valence-electron chi connectivity index (χ3n) is 2.53. The van der Waals surface area contributed by atoms with Crippen LogP contribution in [0.3, 0.4) is 0 Å². The minimum absolute atomic E-state index is 0.226. The summed E-state index contributed by atoms with van der Waals surface area (Å²) < 4.78 is 0. The van der Waals surface area contributed by atoms with Crippen LogP contribution in [0.1, 0.15) is 34.6 Å². The molecule has 0 fully saturated rings. The highest BCUT2D eigenvalue weighted by Gasteiger charge is 2.20. The van der Waals surface area contributed by atoms with Crippen molar-refractivity contribution in [3.05, 3.63) is 18.3 Å². The van der Waals surface area contributed by atoms with Crippen LogP contribution in [0.25, 0.3) is 0 Å². The maximum absolute atomic E-state index is 11.9. The Morgan fingerprint density at radius 2 is 2.00 bits per heavy atom. The van der Waals surface area contributed by atoms with Crippen molar-refractivity contribution in [2.45, 2.75) is 51.2 Å². The van der Waals surface area contributed by atoms with Gasteiger partial charge in [0.2, 0.25) is 5.91 Å². The van der Waals surface area contributed by atoms with Crippen LogP contribution in [0, 0.1) is 0 Å². The number of hydrogen-bond acceptors (Lipinski definition) is 4. The number of nitrogens with one attached hydrogen (secondary N) is 3. The van der Waals surface area contributed by atoms with Crippen LogP contribution < -0.4 is 16.0 Å². The quantitative estimate of drug-likeness (QED) is 0.727. The van der Waals surface area contributed by atoms with E-state index in [4.69, 9.17) is 0 Å². The number of nitrogens with zero attached hydrogens (tertiary/aromatic N) is 1. The molecule has 1 rings (SSSR count). The van der Waals surface area contributed by atoms with Crippen LogP contribution in [-0.4, -0.2) is 34.3 Å². The molecule has 7 heteroatoms. The van der Waals surface area contributed by atoms with Gasteiger partial charge in [0.15, 0.2) is 0 Å². The largest absolute Gasteiger partial charge is 0.350 e. The maximum atomic E-state index is 11.9. The number of aromatic nitrogens is 1. The summed E-state index contributed by atoms with van der Waals surface area (Å²) in [6, 6.07) is 2.57. The van der Waals surface area contributed by atoms with Gasteiger partial charge in [-0.3, -0.25) is 4.79 Å². The van der Waals surface area contributed by atoms with Crippen LogP contribution >= 0.6 is 11.8 Å². The van der Waals surface area contributed by atoms with E-state index in [2.05, 4.69) is 27.9 Å². The molecule has 0 saturated carbocycles. The van der Waals surface area contributed by atoms with Gasteiger partial charge < -0.3 is 16.0 Å². The summed E-state index contributed by atoms with van der Waals surface area (Å²) in [6.07, 6.45) is 1.59. The van der Waals surface area contributed by atoms with Gasteiger partial charge in [0.1, 0.15) is 6.04 Å². The number of pyridine rings is 1. The summed E-state index contributed by atoms with van der Waals surface area (Å²) in [4.78, 5) is 28.0. The fourth-order valence-corrected chi connectivity index (χ4v) is 2.18. The topological polar surface area (TPSA) is 83.1 Å². The first-order valence-electron chi connectivity index (χ1n) is 7.19. The van der Waals surface area contributed by atoms with Crippen molar-refractivity contribution in [1.82, 2.24) is 15.6 Å². The fraction of sp³-hybridized carbons (Fsp3) is 0.533. The Bertz CT molecular complexity index is 511. The van der Waals surface area contributed by atoms with Crippen LogP contribution in [-0.2, 0) is 4.79 Å². The van der Waals surface area contributed by atoms with Gasteiger partial charge in [-0.2, -0.15) is 0 Å². The van der Waals surface area contributed by atoms with E-state index in [0.29, 0.717) is 5.69 Å². The van der Waals surface area contributed by atoms with Crippen molar-refractivity contribution in [3.8, 4) is 0 Å². The first-order chi connectivity index (χ1) is 10.2. The molecule has 0 aromatic carbocycles. The second kappa shape index (κ2) is 8.03. The molecule has 1 atom stereocenters. The van der Waals surface area contributed by atoms with E-state index in [9.17, 15) is 9.59 Å². The highest BCUT2D eigenvalue weighted by atomic mass is 32.2. The van der Waals surface area contributed by atoms with Gasteiger partial charge >= 0.3 is 6.03 Å². The molecule has 0 aliphatic rings. The zero-order valence-electron chi connectivity index (χ0n) is 13.7. The van der Waals surface area contributed by atoms with E-state index in [1.807, 2.05) is 26.8 Å². The molecule has 1 unspecified atom stereocenters. The molecular formula is C15H24N4O2S. The Labute approximate surface area is 135 Å². The zero-order valence-corrected chi connectivity index (χ0v) is 14.5. The van der Waals surface area contributed by atoms with Crippen molar-refractivity contribution in [2.75, 3.05) is 11.1 Å². The number of thioether (sulfide) groups is 1. The molecule has 1 heterocycles. The van der Waals surface area contributed by atoms with Gasteiger partial charge in [-0.25, -0.2) is 9.78 Å². The summed E-state index contributed by atoms with van der Waals surface area (Å²) in [5.41, 5.74) is 0.251. The zero-order chi connectivity index (χ0) is 16.8. The van der Waals surface area contributed by atoms with E-state index in [0.717, 1.165) is 10.8 Å². The van der Waals surface area contributed by atoms with Crippen molar-refractivity contribution < 1.29 is 9.59 Å². The van der Waals surface area contributed by atoms with Crippen LogP contribution in [0.4, 0.5) is 10.5 Å². The molecule has 22 heavy (non-hydrogen) atoms. The summed E-state index contributed by atoms with van der Waals surface area (Å²) in [5.74, 6) is 0.719. The average molecular weight is 324 g/mol. The van der Waals surface area contributed by atoms with Crippen molar-refractivity contribution >= 4 is 29.4 Å². The molecule has 0 aliphatic heterocycles. The first kappa shape index (κ1) is 18.3. The van der Waals surface area contributed by atoms with Crippen molar-refractivity contribution in [1.29, 1.82) is 0 Å². The second-order valence-electron chi connectivity index (χ2n) is 5.88. The maximum Gasteiger partial charge on any atom is 0.319 e. The monoisotopic (exact) mass is 324 g/mol. The summed E-state index contributed by atoms with van der Waals surface area (Å²) in [7, 11) is 0. The van der Waals surface area contributed by atoms with Gasteiger partial charge in [-0.15, -0.1) is 11.8 Å². The predicted molar refractivity (Wildman–Crippen MR) is 90.1 cm³/mol. The lowest BCUT2D eigenvalue weighted by Crippen LogP contribution is -2.51. The SMILES string of the molecule is CCSc1ccc(NC(=O)NC(C)C(=O)NC(C)(C)C)cn1. The van der Waals surface area contributed by atoms with Crippen LogP contribution in [0.15, 0.2) is 23.4 Å². The number of urea groups is 1. The highest BCUT2D eigenvalue weighted by molar-refractivity contribution is 7.99. The minimum atomic E-state index is -0.623. The Hall–Kier alpha value is -1.76. The molecule has 1 aromatic heterocycles. The van der Waals surface area contributed by atoms with E-state index >= 15 is 0 Å². The summed E-state index contributed by atoms with van der Waals surface area (Å²) in [5, 5.41) is 8.98. The standard InChI is InChI=1S/C15H24N4O2S/c1-6-22-12-8-7-11(9-16-12)18-14(21)17-10(2)13(20)19-15(3,4)5/h7-10H,6H2,1-5H3,(H,19,20)(H2,17,18,21). The van der Waals surface area contributed by atoms with Gasteiger partial charge in [-0.1, -0.05) is 6.92 Å². The lowest BCUT2D eigenvalue weighted by Gasteiger charge is -2.23. The smallest absolute Gasteiger partial charge is 0.319 e. The van der Waals surface area contributed by atoms with Crippen molar-refractivity contribution in [2.24, 2.45) is 0 Å². The van der Waals surface area contributed by atoms with Crippen LogP contribution in [0.5, 0.6) is 0 Å². The third-order valence-corrected chi connectivity index (χ3v) is 3.35. The Morgan fingerprint density at radius 1 is 1.32 bits per heavy atom. The summed E-state index contributed by atoms with van der Waals surface area (Å²) in [6.45, 7) is 9.35. The molecule has 0 aliphatic carbocycles. The van der Waals surface area contributed by atoms with Crippen LogP contribution in [0.2, 0.25) is 0 Å². The molecule has 122 valence electrons. The first-order valence-corrected chi connectivity index (χ1v) is 8.18. The van der Waals surface area contributed by atoms with Gasteiger partial charge in [0.05, 0.1) is 16.9 Å². The number of amides is 3. The van der Waals surface area contributed by atoms with Gasteiger partial charge in [0.25, 0.3) is 0 Å². The molecule has 3 amide bonds. The number of hydrogen-bond donors (Lipinski definition) is 3. The van der Waals surface area contributed by atoms with E-state index in [-0.39, 0.29) is 11.4 Å². The second-order valence-corrected chi connectivity index (χ2v) is 7.16. The Kier molecular flexibility index (Phi) is 6.67. The van der Waals surface area contributed by atoms with Gasteiger partial charge in [0, 0.05) is 5.54 Å². The molecule has 6 nitrogen and oxygen atoms in total. The van der Waals surface area contributed by atoms with Crippen molar-refractivity contribution in [3.63, 3.8) is 0 Å². The van der Waals surface area contributed by atoms with E-state index in [1.165, 1.54) is 0 Å². The van der Waals surface area contributed by atoms with Gasteiger partial charge in [-0.05, 0) is 45.6 Å². The molecule has 3 N–H and O–H groups in total.